The van der Waals surface area contributed by atoms with Crippen molar-refractivity contribution in [3.8, 4) is 11.5 Å². The van der Waals surface area contributed by atoms with Crippen LogP contribution in [0.3, 0.4) is 0 Å². The maximum atomic E-state index is 13.6. The number of ether oxygens (including phenoxy) is 6. The Hall–Kier alpha value is -3.97. The van der Waals surface area contributed by atoms with Crippen LogP contribution >= 0.6 is 12.2 Å². The Morgan fingerprint density at radius 3 is 1.92 bits per heavy atom. The topological polar surface area (TPSA) is 147 Å². The van der Waals surface area contributed by atoms with Crippen LogP contribution in [0.25, 0.3) is 0 Å². The highest BCUT2D eigenvalue weighted by Crippen LogP contribution is 2.29. The summed E-state index contributed by atoms with van der Waals surface area (Å²) in [6.07, 6.45) is 3.53. The molecule has 2 aromatic carbocycles. The first-order chi connectivity index (χ1) is 23.7. The van der Waals surface area contributed by atoms with Crippen molar-refractivity contribution in [2.75, 3.05) is 78.4 Å². The van der Waals surface area contributed by atoms with Gasteiger partial charge in [0.25, 0.3) is 0 Å². The molecule has 0 saturated carbocycles. The molecule has 272 valence electrons. The number of carbonyl (C=O) groups is 1. The lowest BCUT2D eigenvalue weighted by atomic mass is 10.2. The maximum Gasteiger partial charge on any atom is 0.313 e. The number of rotatable bonds is 24. The van der Waals surface area contributed by atoms with E-state index in [0.29, 0.717) is 56.8 Å². The quantitative estimate of drug-likeness (QED) is 0.0136. The number of aliphatic imine (C=N–C) groups is 1. The molecule has 0 aromatic heterocycles. The third kappa shape index (κ3) is 16.3. The smallest absolute Gasteiger partial charge is 0.313 e. The van der Waals surface area contributed by atoms with Crippen LogP contribution in [-0.4, -0.2) is 96.1 Å². The molecule has 0 saturated heterocycles. The van der Waals surface area contributed by atoms with E-state index in [9.17, 15) is 26.7 Å². The van der Waals surface area contributed by atoms with Crippen molar-refractivity contribution in [3.05, 3.63) is 53.4 Å². The molecule has 0 amide bonds. The van der Waals surface area contributed by atoms with E-state index in [1.165, 1.54) is 0 Å². The molecule has 0 aliphatic carbocycles. The Morgan fingerprint density at radius 2 is 1.35 bits per heavy atom. The summed E-state index contributed by atoms with van der Waals surface area (Å²) in [5, 5.41) is 10.6. The predicted octanol–water partition coefficient (Wildman–Crippen LogP) is 4.30. The number of nitrogens with two attached hydrogens (primary N) is 1. The summed E-state index contributed by atoms with van der Waals surface area (Å²) in [5.41, 5.74) is 1.55. The summed E-state index contributed by atoms with van der Waals surface area (Å²) in [6, 6.07) is 7.46. The molecule has 2 aromatic rings. The minimum absolute atomic E-state index is 0.0750. The maximum absolute atomic E-state index is 13.6. The van der Waals surface area contributed by atoms with E-state index in [1.807, 2.05) is 24.3 Å². The number of hydrogen-bond acceptors (Lipinski definition) is 11. The van der Waals surface area contributed by atoms with Crippen molar-refractivity contribution in [2.45, 2.75) is 25.7 Å². The average Bonchev–Trinajstić information content (AvgIpc) is 3.10. The van der Waals surface area contributed by atoms with Gasteiger partial charge in [0.1, 0.15) is 5.75 Å². The molecule has 0 aliphatic rings. The van der Waals surface area contributed by atoms with E-state index in [2.05, 4.69) is 25.5 Å². The fourth-order valence-electron chi connectivity index (χ4n) is 3.69. The number of nitrogens with one attached hydrogen (secondary N) is 2. The lowest BCUT2D eigenvalue weighted by Gasteiger charge is -2.10. The third-order valence-corrected chi connectivity index (χ3v) is 6.46. The molecule has 0 atom stereocenters. The molecule has 0 unspecified atom stereocenters. The second-order valence-electron chi connectivity index (χ2n) is 9.79. The zero-order valence-corrected chi connectivity index (χ0v) is 27.7. The zero-order chi connectivity index (χ0) is 35.9. The zero-order valence-electron chi connectivity index (χ0n) is 26.9. The van der Waals surface area contributed by atoms with Gasteiger partial charge in [0.05, 0.1) is 78.6 Å². The molecule has 18 heteroatoms. The Balaban J connectivity index is 1.38. The molecular weight excluding hydrogens is 681 g/mol. The van der Waals surface area contributed by atoms with E-state index >= 15 is 0 Å². The van der Waals surface area contributed by atoms with Crippen LogP contribution in [0.5, 0.6) is 11.5 Å². The number of methoxy groups -OCH3 is 1. The van der Waals surface area contributed by atoms with Crippen LogP contribution in [0.4, 0.5) is 27.6 Å². The third-order valence-electron chi connectivity index (χ3n) is 6.22. The molecule has 2 rings (SSSR count). The summed E-state index contributed by atoms with van der Waals surface area (Å²) in [5.74, 6) is -7.91. The first-order valence-electron chi connectivity index (χ1n) is 15.2. The standard InChI is InChI=1S/C31H40F5N5O7S/c1-43-23-7-5-21(6-8-23)40-31(49)39-10-3-2-4-22(41-37)20-38-11-13-45-15-17-47-19-18-46-16-14-44-12-9-24(42)48-30-28(35)26(33)25(32)27(34)29(30)36/h5-8,20H,2-4,9-19,37H2,1H3,(H2,39,40,49)/b38-20?,41-22-. The number of unbranched alkanes of at least 4 members (excludes halogenated alkanes) is 1. The van der Waals surface area contributed by atoms with Crippen LogP contribution in [0.1, 0.15) is 25.7 Å². The molecule has 12 nitrogen and oxygen atoms in total. The summed E-state index contributed by atoms with van der Waals surface area (Å²) in [6.45, 7) is 2.80. The van der Waals surface area contributed by atoms with E-state index in [1.54, 1.807) is 13.3 Å². The molecule has 49 heavy (non-hydrogen) atoms. The molecule has 0 radical (unpaired) electrons. The Labute approximate surface area is 286 Å². The number of hydrogen-bond donors (Lipinski definition) is 3. The van der Waals surface area contributed by atoms with Gasteiger partial charge >= 0.3 is 5.97 Å². The number of halogens is 5. The molecular formula is C31H40F5N5O7S. The summed E-state index contributed by atoms with van der Waals surface area (Å²) < 4.78 is 97.1. The molecule has 0 bridgehead atoms. The van der Waals surface area contributed by atoms with Gasteiger partial charge in [0.2, 0.25) is 34.8 Å². The molecule has 0 fully saturated rings. The van der Waals surface area contributed by atoms with Gasteiger partial charge in [0, 0.05) is 18.4 Å². The van der Waals surface area contributed by atoms with Crippen molar-refractivity contribution in [2.24, 2.45) is 15.9 Å². The van der Waals surface area contributed by atoms with Crippen molar-refractivity contribution < 1.29 is 55.2 Å². The van der Waals surface area contributed by atoms with Gasteiger partial charge in [-0.15, -0.1) is 0 Å². The van der Waals surface area contributed by atoms with Crippen molar-refractivity contribution in [3.63, 3.8) is 0 Å². The highest BCUT2D eigenvalue weighted by molar-refractivity contribution is 7.80. The Kier molecular flexibility index (Phi) is 20.4. The minimum atomic E-state index is -2.35. The largest absolute Gasteiger partial charge is 0.497 e. The van der Waals surface area contributed by atoms with E-state index in [-0.39, 0.29) is 26.4 Å². The first kappa shape index (κ1) is 41.2. The fourth-order valence-corrected chi connectivity index (χ4v) is 3.91. The van der Waals surface area contributed by atoms with Gasteiger partial charge in [-0.05, 0) is 55.7 Å². The van der Waals surface area contributed by atoms with E-state index in [0.717, 1.165) is 24.3 Å². The predicted molar refractivity (Wildman–Crippen MR) is 176 cm³/mol. The number of carbonyl (C=O) groups excluding carboxylic acids is 1. The molecule has 0 aliphatic heterocycles. The lowest BCUT2D eigenvalue weighted by molar-refractivity contribution is -0.136. The first-order valence-corrected chi connectivity index (χ1v) is 15.6. The fraction of sp³-hybridized carbons (Fsp3) is 0.484. The van der Waals surface area contributed by atoms with Crippen LogP contribution < -0.4 is 25.9 Å². The SMILES string of the molecule is COc1ccc(NC(=S)NCCCC/C(C=NCCOCCOCCOCCOCCC(=O)Oc2c(F)c(F)c(F)c(F)c2F)=N/N)cc1. The number of benzene rings is 2. The summed E-state index contributed by atoms with van der Waals surface area (Å²) in [4.78, 5) is 15.9. The van der Waals surface area contributed by atoms with Crippen molar-refractivity contribution in [1.29, 1.82) is 0 Å². The second-order valence-corrected chi connectivity index (χ2v) is 10.2. The number of anilines is 1. The number of esters is 1. The van der Waals surface area contributed by atoms with E-state index < -0.39 is 47.2 Å². The Morgan fingerprint density at radius 1 is 0.796 bits per heavy atom. The van der Waals surface area contributed by atoms with Crippen LogP contribution in [-0.2, 0) is 23.7 Å². The number of hydrazone groups is 1. The Bertz CT molecular complexity index is 1340. The van der Waals surface area contributed by atoms with E-state index in [4.69, 9.17) is 41.7 Å². The van der Waals surface area contributed by atoms with Gasteiger partial charge in [-0.1, -0.05) is 0 Å². The van der Waals surface area contributed by atoms with Gasteiger partial charge < -0.3 is 44.9 Å². The van der Waals surface area contributed by atoms with Gasteiger partial charge in [-0.25, -0.2) is 13.2 Å². The normalized spacial score (nSPS) is 11.6. The van der Waals surface area contributed by atoms with Crippen molar-refractivity contribution in [1.82, 2.24) is 5.32 Å². The van der Waals surface area contributed by atoms with Gasteiger partial charge in [-0.2, -0.15) is 13.9 Å². The molecule has 0 heterocycles. The summed E-state index contributed by atoms with van der Waals surface area (Å²) >= 11 is 5.31. The van der Waals surface area contributed by atoms with Crippen molar-refractivity contribution >= 4 is 40.9 Å². The van der Waals surface area contributed by atoms with Crippen LogP contribution in [0.2, 0.25) is 0 Å². The monoisotopic (exact) mass is 721 g/mol. The van der Waals surface area contributed by atoms with Crippen LogP contribution in [0, 0.1) is 29.1 Å². The minimum Gasteiger partial charge on any atom is -0.497 e. The highest BCUT2D eigenvalue weighted by Gasteiger charge is 2.28. The highest BCUT2D eigenvalue weighted by atomic mass is 32.1. The van der Waals surface area contributed by atoms with Gasteiger partial charge in [0.15, 0.2) is 5.11 Å². The lowest BCUT2D eigenvalue weighted by Crippen LogP contribution is -2.29. The second kappa shape index (κ2) is 24.2. The molecule has 4 N–H and O–H groups in total. The number of thiocarbonyl (C=S) groups is 1. The average molecular weight is 722 g/mol. The number of nitrogens with zero attached hydrogens (tertiary/aromatic N) is 2. The van der Waals surface area contributed by atoms with Crippen LogP contribution in [0.15, 0.2) is 34.4 Å². The van der Waals surface area contributed by atoms with Gasteiger partial charge in [-0.3, -0.25) is 9.79 Å². The molecule has 0 spiro atoms. The summed E-state index contributed by atoms with van der Waals surface area (Å²) in [7, 11) is 1.61.